The molecule has 0 saturated carbocycles. The van der Waals surface area contributed by atoms with Gasteiger partial charge < -0.3 is 15.0 Å². The largest absolute Gasteiger partial charge is 0.444 e. The van der Waals surface area contributed by atoms with Crippen molar-refractivity contribution in [3.05, 3.63) is 11.2 Å². The second-order valence-corrected chi connectivity index (χ2v) is 8.03. The summed E-state index contributed by atoms with van der Waals surface area (Å²) in [6.07, 6.45) is 3.69. The number of nitrogens with zero attached hydrogens (tertiary/aromatic N) is 3. The van der Waals surface area contributed by atoms with Gasteiger partial charge in [-0.3, -0.25) is 0 Å². The molecule has 1 aliphatic rings. The normalized spacial score (nSPS) is 18.4. The molecule has 1 N–H and O–H groups in total. The Kier molecular flexibility index (Phi) is 6.57. The van der Waals surface area contributed by atoms with Crippen LogP contribution >= 0.6 is 23.4 Å². The van der Waals surface area contributed by atoms with Gasteiger partial charge in [-0.1, -0.05) is 23.4 Å². The van der Waals surface area contributed by atoms with Crippen LogP contribution in [0, 0.1) is 5.92 Å². The third-order valence-corrected chi connectivity index (χ3v) is 4.36. The number of carbonyl (C=O) groups is 1. The van der Waals surface area contributed by atoms with E-state index < -0.39 is 5.60 Å². The smallest absolute Gasteiger partial charge is 0.407 e. The summed E-state index contributed by atoms with van der Waals surface area (Å²) in [6, 6.07) is 1.80. The van der Waals surface area contributed by atoms with Crippen molar-refractivity contribution in [3.8, 4) is 0 Å². The summed E-state index contributed by atoms with van der Waals surface area (Å²) < 4.78 is 5.28. The number of carbonyl (C=O) groups excluding carboxylic acids is 1. The van der Waals surface area contributed by atoms with Crippen LogP contribution in [-0.4, -0.2) is 47.6 Å². The number of amides is 1. The molecule has 2 rings (SSSR count). The number of alkyl carbamates (subject to hydrolysis) is 1. The van der Waals surface area contributed by atoms with Crippen LogP contribution in [0.2, 0.25) is 5.15 Å². The lowest BCUT2D eigenvalue weighted by Gasteiger charge is -2.34. The van der Waals surface area contributed by atoms with Gasteiger partial charge in [0.1, 0.15) is 16.6 Å². The number of nitrogens with one attached hydrogen (secondary N) is 1. The van der Waals surface area contributed by atoms with Crippen LogP contribution in [0.25, 0.3) is 0 Å². The molecule has 1 aromatic rings. The van der Waals surface area contributed by atoms with Crippen LogP contribution in [0.15, 0.2) is 11.2 Å². The molecule has 1 aromatic heterocycles. The molecule has 0 aliphatic carbocycles. The maximum Gasteiger partial charge on any atom is 0.407 e. The quantitative estimate of drug-likeness (QED) is 0.495. The van der Waals surface area contributed by atoms with Gasteiger partial charge >= 0.3 is 6.09 Å². The second kappa shape index (κ2) is 8.25. The Morgan fingerprint density at radius 2 is 2.25 bits per heavy atom. The van der Waals surface area contributed by atoms with E-state index in [0.29, 0.717) is 22.8 Å². The van der Waals surface area contributed by atoms with Gasteiger partial charge in [0.2, 0.25) is 0 Å². The fraction of sp³-hybridized carbons (Fsp3) is 0.688. The van der Waals surface area contributed by atoms with E-state index in [1.165, 1.54) is 11.8 Å². The zero-order valence-electron chi connectivity index (χ0n) is 14.6. The van der Waals surface area contributed by atoms with E-state index >= 15 is 0 Å². The molecule has 1 fully saturated rings. The lowest BCUT2D eigenvalue weighted by Crippen LogP contribution is -2.42. The number of rotatable bonds is 4. The van der Waals surface area contributed by atoms with E-state index in [0.717, 1.165) is 31.7 Å². The lowest BCUT2D eigenvalue weighted by molar-refractivity contribution is 0.0517. The number of thioether (sulfide) groups is 1. The maximum atomic E-state index is 11.8. The Labute approximate surface area is 152 Å². The molecule has 1 atom stereocenters. The summed E-state index contributed by atoms with van der Waals surface area (Å²) >= 11 is 7.56. The van der Waals surface area contributed by atoms with Gasteiger partial charge in [0.05, 0.1) is 0 Å². The minimum absolute atomic E-state index is 0.359. The first-order chi connectivity index (χ1) is 11.3. The van der Waals surface area contributed by atoms with Crippen molar-refractivity contribution in [1.29, 1.82) is 0 Å². The molecule has 0 unspecified atom stereocenters. The standard InChI is InChI=1S/C16H25ClN4O2S/c1-16(2,3)23-15(22)18-9-11-6-5-7-21(10-11)13-8-12(17)19-14(20-13)24-4/h8,11H,5-7,9-10H2,1-4H3,(H,18,22)/t11-/m1/s1. The third-order valence-electron chi connectivity index (χ3n) is 3.62. The van der Waals surface area contributed by atoms with Crippen molar-refractivity contribution in [3.63, 3.8) is 0 Å². The minimum Gasteiger partial charge on any atom is -0.444 e. The Morgan fingerprint density at radius 3 is 2.92 bits per heavy atom. The number of halogens is 1. The van der Waals surface area contributed by atoms with Crippen molar-refractivity contribution in [2.45, 2.75) is 44.4 Å². The van der Waals surface area contributed by atoms with Crippen molar-refractivity contribution in [1.82, 2.24) is 15.3 Å². The number of anilines is 1. The first kappa shape index (κ1) is 19.1. The molecule has 0 aromatic carbocycles. The number of hydrogen-bond acceptors (Lipinski definition) is 6. The van der Waals surface area contributed by atoms with E-state index in [1.54, 1.807) is 6.07 Å². The SMILES string of the molecule is CSc1nc(Cl)cc(N2CCC[C@H](CNC(=O)OC(C)(C)C)C2)n1. The molecule has 0 radical (unpaired) electrons. The highest BCUT2D eigenvalue weighted by Gasteiger charge is 2.23. The van der Waals surface area contributed by atoms with Crippen LogP contribution in [0.1, 0.15) is 33.6 Å². The molecule has 0 bridgehead atoms. The van der Waals surface area contributed by atoms with Crippen LogP contribution in [0.4, 0.5) is 10.6 Å². The van der Waals surface area contributed by atoms with Gasteiger partial charge in [0.25, 0.3) is 0 Å². The van der Waals surface area contributed by atoms with Crippen molar-refractivity contribution in [2.24, 2.45) is 5.92 Å². The molecular weight excluding hydrogens is 348 g/mol. The Balaban J connectivity index is 1.92. The number of piperidine rings is 1. The average molecular weight is 373 g/mol. The lowest BCUT2D eigenvalue weighted by atomic mass is 9.98. The first-order valence-electron chi connectivity index (χ1n) is 8.07. The molecule has 1 aliphatic heterocycles. The molecule has 0 spiro atoms. The number of ether oxygens (including phenoxy) is 1. The first-order valence-corrected chi connectivity index (χ1v) is 9.67. The molecule has 6 nitrogen and oxygen atoms in total. The van der Waals surface area contributed by atoms with Crippen LogP contribution in [-0.2, 0) is 4.74 Å². The zero-order valence-corrected chi connectivity index (χ0v) is 16.2. The molecule has 8 heteroatoms. The van der Waals surface area contributed by atoms with Crippen molar-refractivity contribution in [2.75, 3.05) is 30.8 Å². The van der Waals surface area contributed by atoms with E-state index in [9.17, 15) is 4.79 Å². The molecule has 24 heavy (non-hydrogen) atoms. The summed E-state index contributed by atoms with van der Waals surface area (Å²) in [4.78, 5) is 22.7. The molecule has 1 saturated heterocycles. The van der Waals surface area contributed by atoms with Gasteiger partial charge in [-0.05, 0) is 45.8 Å². The summed E-state index contributed by atoms with van der Waals surface area (Å²) in [7, 11) is 0. The molecule has 1 amide bonds. The predicted molar refractivity (Wildman–Crippen MR) is 98.0 cm³/mol. The Hall–Kier alpha value is -1.21. The fourth-order valence-electron chi connectivity index (χ4n) is 2.62. The van der Waals surface area contributed by atoms with E-state index in [2.05, 4.69) is 20.2 Å². The second-order valence-electron chi connectivity index (χ2n) is 6.87. The summed E-state index contributed by atoms with van der Waals surface area (Å²) in [6.45, 7) is 7.94. The highest BCUT2D eigenvalue weighted by molar-refractivity contribution is 7.98. The van der Waals surface area contributed by atoms with E-state index in [-0.39, 0.29) is 6.09 Å². The minimum atomic E-state index is -0.478. The van der Waals surface area contributed by atoms with Gasteiger partial charge in [-0.25, -0.2) is 14.8 Å². The van der Waals surface area contributed by atoms with Crippen LogP contribution < -0.4 is 10.2 Å². The van der Waals surface area contributed by atoms with Crippen molar-refractivity contribution < 1.29 is 9.53 Å². The van der Waals surface area contributed by atoms with E-state index in [1.807, 2.05) is 27.0 Å². The van der Waals surface area contributed by atoms with Gasteiger partial charge in [0, 0.05) is 25.7 Å². The fourth-order valence-corrected chi connectivity index (χ4v) is 3.22. The Morgan fingerprint density at radius 1 is 1.50 bits per heavy atom. The van der Waals surface area contributed by atoms with Gasteiger partial charge in [-0.2, -0.15) is 0 Å². The molecule has 134 valence electrons. The maximum absolute atomic E-state index is 11.8. The van der Waals surface area contributed by atoms with E-state index in [4.69, 9.17) is 16.3 Å². The molecule has 2 heterocycles. The summed E-state index contributed by atoms with van der Waals surface area (Å²) in [5, 5.41) is 3.99. The van der Waals surface area contributed by atoms with Crippen molar-refractivity contribution >= 4 is 35.3 Å². The third kappa shape index (κ3) is 6.02. The molecular formula is C16H25ClN4O2S. The predicted octanol–water partition coefficient (Wildman–Crippen LogP) is 3.59. The summed E-state index contributed by atoms with van der Waals surface area (Å²) in [5.74, 6) is 1.21. The highest BCUT2D eigenvalue weighted by Crippen LogP contribution is 2.25. The zero-order chi connectivity index (χ0) is 17.7. The van der Waals surface area contributed by atoms with Gasteiger partial charge in [-0.15, -0.1) is 0 Å². The van der Waals surface area contributed by atoms with Gasteiger partial charge in [0.15, 0.2) is 5.16 Å². The highest BCUT2D eigenvalue weighted by atomic mass is 35.5. The van der Waals surface area contributed by atoms with Crippen LogP contribution in [0.5, 0.6) is 0 Å². The monoisotopic (exact) mass is 372 g/mol. The number of hydrogen-bond donors (Lipinski definition) is 1. The number of aromatic nitrogens is 2. The average Bonchev–Trinajstić information content (AvgIpc) is 2.51. The topological polar surface area (TPSA) is 67.4 Å². The van der Waals surface area contributed by atoms with Crippen LogP contribution in [0.3, 0.4) is 0 Å². The Bertz CT molecular complexity index is 580. The summed E-state index contributed by atoms with van der Waals surface area (Å²) in [5.41, 5.74) is -0.478.